The molecular formula is C12H13FN4O2. The molecule has 0 aliphatic rings. The molecule has 0 saturated carbocycles. The minimum absolute atomic E-state index is 0.154. The highest BCUT2D eigenvalue weighted by Crippen LogP contribution is 2.30. The average Bonchev–Trinajstić information content (AvgIpc) is 2.75. The van der Waals surface area contributed by atoms with E-state index in [9.17, 15) is 14.5 Å². The van der Waals surface area contributed by atoms with Crippen LogP contribution in [0.3, 0.4) is 0 Å². The van der Waals surface area contributed by atoms with Crippen molar-refractivity contribution < 1.29 is 9.31 Å². The Morgan fingerprint density at radius 2 is 2.26 bits per heavy atom. The molecule has 1 unspecified atom stereocenters. The smallest absolute Gasteiger partial charge is 0.327 e. The summed E-state index contributed by atoms with van der Waals surface area (Å²) in [5.74, 6) is -0.853. The minimum atomic E-state index is -0.853. The van der Waals surface area contributed by atoms with Gasteiger partial charge in [0.15, 0.2) is 0 Å². The number of nitro groups is 1. The standard InChI is InChI=1S/C12H13FN4O2/c1-8(9-6-14-16(2)7-9)15-11-5-3-4-10(13)12(11)17(18)19/h3-8,15H,1-2H3. The summed E-state index contributed by atoms with van der Waals surface area (Å²) in [7, 11) is 1.78. The molecule has 2 rings (SSSR count). The molecule has 19 heavy (non-hydrogen) atoms. The van der Waals surface area contributed by atoms with Crippen LogP contribution in [-0.4, -0.2) is 14.7 Å². The van der Waals surface area contributed by atoms with Crippen molar-refractivity contribution in [1.82, 2.24) is 9.78 Å². The van der Waals surface area contributed by atoms with E-state index in [1.807, 2.05) is 6.92 Å². The van der Waals surface area contributed by atoms with Gasteiger partial charge in [-0.25, -0.2) is 0 Å². The van der Waals surface area contributed by atoms with Gasteiger partial charge < -0.3 is 5.32 Å². The number of nitrogens with one attached hydrogen (secondary N) is 1. The molecule has 0 saturated heterocycles. The number of aromatic nitrogens is 2. The fourth-order valence-corrected chi connectivity index (χ4v) is 1.80. The molecule has 100 valence electrons. The molecule has 0 radical (unpaired) electrons. The summed E-state index contributed by atoms with van der Waals surface area (Å²) in [6, 6.07) is 3.77. The van der Waals surface area contributed by atoms with Gasteiger partial charge in [0.25, 0.3) is 0 Å². The van der Waals surface area contributed by atoms with Gasteiger partial charge >= 0.3 is 5.69 Å². The SMILES string of the molecule is CC(Nc1cccc(F)c1[N+](=O)[O-])c1cnn(C)c1. The molecule has 0 aliphatic heterocycles. The van der Waals surface area contributed by atoms with Crippen LogP contribution in [-0.2, 0) is 7.05 Å². The maximum Gasteiger partial charge on any atom is 0.327 e. The topological polar surface area (TPSA) is 73.0 Å². The number of benzene rings is 1. The van der Waals surface area contributed by atoms with Crippen molar-refractivity contribution in [2.45, 2.75) is 13.0 Å². The predicted molar refractivity (Wildman–Crippen MR) is 68.3 cm³/mol. The molecule has 1 aromatic carbocycles. The molecule has 1 aromatic heterocycles. The molecule has 1 heterocycles. The van der Waals surface area contributed by atoms with E-state index in [0.717, 1.165) is 11.6 Å². The molecule has 0 fully saturated rings. The molecule has 0 spiro atoms. The molecule has 0 aliphatic carbocycles. The van der Waals surface area contributed by atoms with Crippen LogP contribution < -0.4 is 5.32 Å². The van der Waals surface area contributed by atoms with Crippen molar-refractivity contribution in [2.75, 3.05) is 5.32 Å². The Morgan fingerprint density at radius 1 is 1.53 bits per heavy atom. The van der Waals surface area contributed by atoms with Crippen molar-refractivity contribution in [2.24, 2.45) is 7.05 Å². The third kappa shape index (κ3) is 2.70. The largest absolute Gasteiger partial charge is 0.373 e. The van der Waals surface area contributed by atoms with Crippen LogP contribution in [0, 0.1) is 15.9 Å². The van der Waals surface area contributed by atoms with E-state index in [2.05, 4.69) is 10.4 Å². The van der Waals surface area contributed by atoms with Crippen LogP contribution in [0.15, 0.2) is 30.6 Å². The quantitative estimate of drug-likeness (QED) is 0.680. The van der Waals surface area contributed by atoms with Gasteiger partial charge in [0.2, 0.25) is 5.82 Å². The predicted octanol–water partition coefficient (Wildman–Crippen LogP) is 2.64. The Labute approximate surface area is 109 Å². The van der Waals surface area contributed by atoms with E-state index in [-0.39, 0.29) is 11.7 Å². The number of aryl methyl sites for hydroxylation is 1. The lowest BCUT2D eigenvalue weighted by molar-refractivity contribution is -0.386. The van der Waals surface area contributed by atoms with E-state index in [4.69, 9.17) is 0 Å². The summed E-state index contributed by atoms with van der Waals surface area (Å²) in [6.07, 6.45) is 3.45. The average molecular weight is 264 g/mol. The van der Waals surface area contributed by atoms with Gasteiger partial charge in [0, 0.05) is 18.8 Å². The van der Waals surface area contributed by atoms with Gasteiger partial charge in [-0.2, -0.15) is 9.49 Å². The summed E-state index contributed by atoms with van der Waals surface area (Å²) in [4.78, 5) is 10.1. The molecular weight excluding hydrogens is 251 g/mol. The lowest BCUT2D eigenvalue weighted by atomic mass is 10.1. The highest BCUT2D eigenvalue weighted by atomic mass is 19.1. The van der Waals surface area contributed by atoms with Crippen molar-refractivity contribution >= 4 is 11.4 Å². The second kappa shape index (κ2) is 5.05. The Hall–Kier alpha value is -2.44. The van der Waals surface area contributed by atoms with E-state index < -0.39 is 16.4 Å². The zero-order valence-corrected chi connectivity index (χ0v) is 10.5. The fourth-order valence-electron chi connectivity index (χ4n) is 1.80. The summed E-state index contributed by atoms with van der Waals surface area (Å²) in [5.41, 5.74) is 0.473. The summed E-state index contributed by atoms with van der Waals surface area (Å²) in [5, 5.41) is 17.8. The number of hydrogen-bond acceptors (Lipinski definition) is 4. The molecule has 7 heteroatoms. The number of nitrogens with zero attached hydrogens (tertiary/aromatic N) is 3. The van der Waals surface area contributed by atoms with Gasteiger partial charge in [-0.3, -0.25) is 14.8 Å². The van der Waals surface area contributed by atoms with Crippen molar-refractivity contribution in [3.63, 3.8) is 0 Å². The number of rotatable bonds is 4. The van der Waals surface area contributed by atoms with Gasteiger partial charge in [-0.05, 0) is 19.1 Å². The van der Waals surface area contributed by atoms with Gasteiger partial charge in [-0.15, -0.1) is 0 Å². The molecule has 6 nitrogen and oxygen atoms in total. The maximum atomic E-state index is 13.5. The normalized spacial score (nSPS) is 12.2. The Kier molecular flexibility index (Phi) is 3.46. The summed E-state index contributed by atoms with van der Waals surface area (Å²) >= 11 is 0. The molecule has 0 amide bonds. The van der Waals surface area contributed by atoms with Crippen LogP contribution in [0.5, 0.6) is 0 Å². The summed E-state index contributed by atoms with van der Waals surface area (Å²) < 4.78 is 15.1. The Balaban J connectivity index is 2.28. The molecule has 0 bridgehead atoms. The van der Waals surface area contributed by atoms with Crippen LogP contribution in [0.2, 0.25) is 0 Å². The summed E-state index contributed by atoms with van der Waals surface area (Å²) in [6.45, 7) is 1.83. The fraction of sp³-hybridized carbons (Fsp3) is 0.250. The van der Waals surface area contributed by atoms with Crippen LogP contribution in [0.1, 0.15) is 18.5 Å². The lowest BCUT2D eigenvalue weighted by Crippen LogP contribution is -2.08. The van der Waals surface area contributed by atoms with Crippen molar-refractivity contribution in [1.29, 1.82) is 0 Å². The maximum absolute atomic E-state index is 13.5. The number of anilines is 1. The highest BCUT2D eigenvalue weighted by Gasteiger charge is 2.21. The first-order chi connectivity index (χ1) is 8.99. The van der Waals surface area contributed by atoms with Crippen LogP contribution in [0.25, 0.3) is 0 Å². The number of hydrogen-bond donors (Lipinski definition) is 1. The molecule has 1 atom stereocenters. The molecule has 1 N–H and O–H groups in total. The third-order valence-corrected chi connectivity index (χ3v) is 2.77. The monoisotopic (exact) mass is 264 g/mol. The third-order valence-electron chi connectivity index (χ3n) is 2.77. The van der Waals surface area contributed by atoms with Crippen molar-refractivity contribution in [3.05, 3.63) is 52.1 Å². The van der Waals surface area contributed by atoms with E-state index >= 15 is 0 Å². The second-order valence-corrected chi connectivity index (χ2v) is 4.21. The zero-order chi connectivity index (χ0) is 14.0. The van der Waals surface area contributed by atoms with Crippen LogP contribution >= 0.6 is 0 Å². The Bertz CT molecular complexity index is 612. The Morgan fingerprint density at radius 3 is 2.84 bits per heavy atom. The number of nitro benzene ring substituents is 1. The van der Waals surface area contributed by atoms with E-state index in [0.29, 0.717) is 0 Å². The molecule has 2 aromatic rings. The van der Waals surface area contributed by atoms with Gasteiger partial charge in [-0.1, -0.05) is 6.07 Å². The first-order valence-electron chi connectivity index (χ1n) is 5.67. The van der Waals surface area contributed by atoms with Crippen molar-refractivity contribution in [3.8, 4) is 0 Å². The second-order valence-electron chi connectivity index (χ2n) is 4.21. The lowest BCUT2D eigenvalue weighted by Gasteiger charge is -2.13. The highest BCUT2D eigenvalue weighted by molar-refractivity contribution is 5.62. The zero-order valence-electron chi connectivity index (χ0n) is 10.5. The van der Waals surface area contributed by atoms with Crippen LogP contribution in [0.4, 0.5) is 15.8 Å². The minimum Gasteiger partial charge on any atom is -0.373 e. The van der Waals surface area contributed by atoms with Gasteiger partial charge in [0.05, 0.1) is 17.2 Å². The van der Waals surface area contributed by atoms with E-state index in [1.54, 1.807) is 24.1 Å². The van der Waals surface area contributed by atoms with Gasteiger partial charge in [0.1, 0.15) is 5.69 Å². The first-order valence-corrected chi connectivity index (χ1v) is 5.67. The first kappa shape index (κ1) is 13.0. The number of halogens is 1. The van der Waals surface area contributed by atoms with E-state index in [1.165, 1.54) is 12.1 Å². The number of para-hydroxylation sites is 1.